The minimum Gasteiger partial charge on any atom is -0.461 e. The van der Waals surface area contributed by atoms with Crippen LogP contribution in [0.4, 0.5) is 13.2 Å². The second-order valence-electron chi connectivity index (χ2n) is 4.75. The molecule has 0 N–H and O–H groups in total. The summed E-state index contributed by atoms with van der Waals surface area (Å²) in [5.74, 6) is -0.721. The maximum absolute atomic E-state index is 13.4. The highest BCUT2D eigenvalue weighted by Crippen LogP contribution is 2.35. The van der Waals surface area contributed by atoms with E-state index in [0.29, 0.717) is 9.18 Å². The first-order valence-corrected chi connectivity index (χ1v) is 8.40. The van der Waals surface area contributed by atoms with Gasteiger partial charge in [0.25, 0.3) is 0 Å². The number of esters is 1. The molecule has 25 heavy (non-hydrogen) atoms. The summed E-state index contributed by atoms with van der Waals surface area (Å²) < 4.78 is 51.3. The van der Waals surface area contributed by atoms with E-state index in [4.69, 9.17) is 9.15 Å². The highest BCUT2D eigenvalue weighted by molar-refractivity contribution is 9.10. The summed E-state index contributed by atoms with van der Waals surface area (Å²) in [6.07, 6.45) is -4.73. The summed E-state index contributed by atoms with van der Waals surface area (Å²) in [5.41, 5.74) is -1.63. The Labute approximate surface area is 155 Å². The van der Waals surface area contributed by atoms with Crippen molar-refractivity contribution >= 4 is 43.5 Å². The van der Waals surface area contributed by atoms with Gasteiger partial charge in [0.1, 0.15) is 5.69 Å². The van der Waals surface area contributed by atoms with E-state index < -0.39 is 17.8 Å². The Balaban J connectivity index is 2.29. The van der Waals surface area contributed by atoms with Crippen molar-refractivity contribution in [2.75, 3.05) is 6.61 Å². The van der Waals surface area contributed by atoms with E-state index >= 15 is 0 Å². The van der Waals surface area contributed by atoms with Crippen molar-refractivity contribution < 1.29 is 27.1 Å². The van der Waals surface area contributed by atoms with Crippen LogP contribution in [-0.4, -0.2) is 27.2 Å². The number of carbonyl (C=O) groups is 1. The maximum Gasteiger partial charge on any atom is 0.433 e. The number of furan rings is 1. The average molecular weight is 483 g/mol. The van der Waals surface area contributed by atoms with Gasteiger partial charge in [-0.05, 0) is 57.0 Å². The Hall–Kier alpha value is -1.88. The summed E-state index contributed by atoms with van der Waals surface area (Å²) in [6.45, 7) is 1.64. The van der Waals surface area contributed by atoms with Crippen molar-refractivity contribution in [2.24, 2.45) is 0 Å². The molecule has 3 heterocycles. The van der Waals surface area contributed by atoms with Crippen molar-refractivity contribution in [3.8, 4) is 11.5 Å². The molecule has 0 aromatic carbocycles. The molecule has 3 rings (SSSR count). The van der Waals surface area contributed by atoms with Gasteiger partial charge < -0.3 is 9.15 Å². The van der Waals surface area contributed by atoms with E-state index in [9.17, 15) is 18.0 Å². The molecule has 0 atom stereocenters. The monoisotopic (exact) mass is 481 g/mol. The number of alkyl halides is 3. The SMILES string of the molecule is CCOC(=O)c1nn2c(C(F)(F)F)cc(-c3ccc(Br)o3)nc2c1Br. The molecule has 6 nitrogen and oxygen atoms in total. The van der Waals surface area contributed by atoms with Crippen LogP contribution in [0, 0.1) is 0 Å². The van der Waals surface area contributed by atoms with Crippen molar-refractivity contribution in [3.63, 3.8) is 0 Å². The molecule has 0 aliphatic carbocycles. The fourth-order valence-electron chi connectivity index (χ4n) is 2.10. The molecular formula is C14H8Br2F3N3O3. The van der Waals surface area contributed by atoms with Gasteiger partial charge in [0.05, 0.1) is 11.1 Å². The molecule has 0 aliphatic rings. The topological polar surface area (TPSA) is 69.6 Å². The lowest BCUT2D eigenvalue weighted by Gasteiger charge is -2.10. The van der Waals surface area contributed by atoms with Crippen LogP contribution in [0.1, 0.15) is 23.1 Å². The van der Waals surface area contributed by atoms with Crippen LogP contribution in [0.2, 0.25) is 0 Å². The molecule has 0 unspecified atom stereocenters. The Morgan fingerprint density at radius 2 is 2.08 bits per heavy atom. The van der Waals surface area contributed by atoms with E-state index in [-0.39, 0.29) is 33.9 Å². The van der Waals surface area contributed by atoms with Gasteiger partial charge in [-0.2, -0.15) is 18.3 Å². The fraction of sp³-hybridized carbons (Fsp3) is 0.214. The van der Waals surface area contributed by atoms with Crippen molar-refractivity contribution in [1.29, 1.82) is 0 Å². The number of hydrogen-bond donors (Lipinski definition) is 0. The molecule has 0 aliphatic heterocycles. The molecule has 132 valence electrons. The Morgan fingerprint density at radius 3 is 2.64 bits per heavy atom. The smallest absolute Gasteiger partial charge is 0.433 e. The first-order chi connectivity index (χ1) is 11.7. The largest absolute Gasteiger partial charge is 0.461 e. The second-order valence-corrected chi connectivity index (χ2v) is 6.32. The van der Waals surface area contributed by atoms with Gasteiger partial charge in [0, 0.05) is 0 Å². The van der Waals surface area contributed by atoms with Gasteiger partial charge in [-0.25, -0.2) is 14.3 Å². The minimum atomic E-state index is -4.73. The van der Waals surface area contributed by atoms with Gasteiger partial charge in [0.15, 0.2) is 27.5 Å². The van der Waals surface area contributed by atoms with E-state index in [2.05, 4.69) is 41.9 Å². The molecule has 0 spiro atoms. The minimum absolute atomic E-state index is 0.00363. The number of nitrogens with zero attached hydrogens (tertiary/aromatic N) is 3. The van der Waals surface area contributed by atoms with Gasteiger partial charge in [-0.3, -0.25) is 0 Å². The first kappa shape index (κ1) is 17.9. The van der Waals surface area contributed by atoms with Crippen molar-refractivity contribution in [1.82, 2.24) is 14.6 Å². The molecule has 0 fully saturated rings. The van der Waals surface area contributed by atoms with Crippen molar-refractivity contribution in [2.45, 2.75) is 13.1 Å². The predicted octanol–water partition coefficient (Wildman–Crippen LogP) is 4.71. The lowest BCUT2D eigenvalue weighted by Crippen LogP contribution is -2.14. The highest BCUT2D eigenvalue weighted by atomic mass is 79.9. The van der Waals surface area contributed by atoms with Gasteiger partial charge in [0.2, 0.25) is 0 Å². The van der Waals surface area contributed by atoms with E-state index in [0.717, 1.165) is 6.07 Å². The standard InChI is InChI=1S/C14H8Br2F3N3O3/c1-2-24-13(23)11-10(16)12-20-6(7-3-4-9(15)25-7)5-8(14(17,18)19)22(12)21-11/h3-5H,2H2,1H3. The van der Waals surface area contributed by atoms with Crippen LogP contribution >= 0.6 is 31.9 Å². The summed E-state index contributed by atoms with van der Waals surface area (Å²) in [4.78, 5) is 16.0. The van der Waals surface area contributed by atoms with Crippen LogP contribution in [0.15, 0.2) is 31.8 Å². The molecule has 3 aromatic heterocycles. The normalized spacial score (nSPS) is 11.9. The Morgan fingerprint density at radius 1 is 1.36 bits per heavy atom. The first-order valence-electron chi connectivity index (χ1n) is 6.81. The number of fused-ring (bicyclic) bond motifs is 1. The highest BCUT2D eigenvalue weighted by Gasteiger charge is 2.37. The molecule has 11 heteroatoms. The molecule has 0 saturated heterocycles. The van der Waals surface area contributed by atoms with Crippen LogP contribution < -0.4 is 0 Å². The van der Waals surface area contributed by atoms with Crippen molar-refractivity contribution in [3.05, 3.63) is 38.7 Å². The predicted molar refractivity (Wildman–Crippen MR) is 87.0 cm³/mol. The lowest BCUT2D eigenvalue weighted by molar-refractivity contribution is -0.142. The fourth-order valence-corrected chi connectivity index (χ4v) is 2.91. The van der Waals surface area contributed by atoms with Crippen LogP contribution in [0.3, 0.4) is 0 Å². The summed E-state index contributed by atoms with van der Waals surface area (Å²) in [7, 11) is 0. The van der Waals surface area contributed by atoms with Crippen LogP contribution in [0.25, 0.3) is 17.1 Å². The second kappa shape index (κ2) is 6.45. The molecule has 0 bridgehead atoms. The van der Waals surface area contributed by atoms with Gasteiger partial charge in [-0.1, -0.05) is 0 Å². The van der Waals surface area contributed by atoms with E-state index in [1.165, 1.54) is 12.1 Å². The zero-order chi connectivity index (χ0) is 18.4. The molecule has 0 saturated carbocycles. The quantitative estimate of drug-likeness (QED) is 0.505. The number of carbonyl (C=O) groups excluding carboxylic acids is 1. The third-order valence-electron chi connectivity index (χ3n) is 3.12. The van der Waals surface area contributed by atoms with Crippen LogP contribution in [0.5, 0.6) is 0 Å². The lowest BCUT2D eigenvalue weighted by atomic mass is 10.2. The van der Waals surface area contributed by atoms with Gasteiger partial charge >= 0.3 is 12.1 Å². The van der Waals surface area contributed by atoms with E-state index in [1.54, 1.807) is 6.92 Å². The summed E-state index contributed by atoms with van der Waals surface area (Å²) in [6, 6.07) is 3.80. The zero-order valence-corrected chi connectivity index (χ0v) is 15.6. The number of aromatic nitrogens is 3. The number of halogens is 5. The number of hydrogen-bond acceptors (Lipinski definition) is 5. The van der Waals surface area contributed by atoms with Crippen LogP contribution in [-0.2, 0) is 10.9 Å². The Bertz CT molecular complexity index is 966. The average Bonchev–Trinajstić information content (AvgIpc) is 3.10. The zero-order valence-electron chi connectivity index (χ0n) is 12.4. The molecule has 0 amide bonds. The third kappa shape index (κ3) is 3.30. The Kier molecular flexibility index (Phi) is 4.62. The number of rotatable bonds is 3. The number of ether oxygens (including phenoxy) is 1. The van der Waals surface area contributed by atoms with E-state index in [1.807, 2.05) is 0 Å². The molecule has 0 radical (unpaired) electrons. The summed E-state index contributed by atoms with van der Waals surface area (Å²) >= 11 is 6.17. The third-order valence-corrected chi connectivity index (χ3v) is 4.27. The van der Waals surface area contributed by atoms with Gasteiger partial charge in [-0.15, -0.1) is 0 Å². The maximum atomic E-state index is 13.4. The molecular weight excluding hydrogens is 475 g/mol. The molecule has 3 aromatic rings. The summed E-state index contributed by atoms with van der Waals surface area (Å²) in [5, 5.41) is 3.71.